The Balaban J connectivity index is 1.68. The molecule has 1 aliphatic heterocycles. The van der Waals surface area contributed by atoms with Crippen LogP contribution < -0.4 is 10.2 Å². The molecule has 0 spiro atoms. The van der Waals surface area contributed by atoms with Crippen LogP contribution in [0, 0.1) is 5.82 Å². The second-order valence-corrected chi connectivity index (χ2v) is 5.22. The summed E-state index contributed by atoms with van der Waals surface area (Å²) >= 11 is 0. The molecule has 1 atom stereocenters. The number of nitrogens with zero attached hydrogens (tertiary/aromatic N) is 1. The molecule has 112 valence electrons. The number of halogens is 1. The number of amides is 2. The Kier molecular flexibility index (Phi) is 3.87. The van der Waals surface area contributed by atoms with Gasteiger partial charge in [-0.1, -0.05) is 24.3 Å². The first kappa shape index (κ1) is 14.3. The van der Waals surface area contributed by atoms with E-state index in [4.69, 9.17) is 0 Å². The zero-order chi connectivity index (χ0) is 15.5. The quantitative estimate of drug-likeness (QED) is 0.945. The lowest BCUT2D eigenvalue weighted by atomic mass is 10.2. The highest BCUT2D eigenvalue weighted by Gasteiger charge is 2.31. The van der Waals surface area contributed by atoms with Crippen molar-refractivity contribution in [2.75, 3.05) is 11.4 Å². The molecule has 1 fully saturated rings. The summed E-state index contributed by atoms with van der Waals surface area (Å²) in [5.74, 6) is -0.857. The molecule has 1 heterocycles. The average molecular weight is 298 g/mol. The minimum atomic E-state index is -0.457. The summed E-state index contributed by atoms with van der Waals surface area (Å²) in [6.07, 6.45) is 0.246. The van der Waals surface area contributed by atoms with Gasteiger partial charge in [0.05, 0.1) is 6.04 Å². The molecule has 0 aliphatic carbocycles. The Morgan fingerprint density at radius 2 is 1.91 bits per heavy atom. The Bertz CT molecular complexity index is 703. The van der Waals surface area contributed by atoms with Gasteiger partial charge in [0, 0.05) is 24.2 Å². The van der Waals surface area contributed by atoms with E-state index in [2.05, 4.69) is 5.32 Å². The number of rotatable bonds is 3. The van der Waals surface area contributed by atoms with Crippen molar-refractivity contribution in [2.45, 2.75) is 12.5 Å². The lowest BCUT2D eigenvalue weighted by Crippen LogP contribution is -2.37. The third-order valence-electron chi connectivity index (χ3n) is 3.61. The molecule has 5 heteroatoms. The number of para-hydroxylation sites is 1. The van der Waals surface area contributed by atoms with Crippen molar-refractivity contribution in [2.24, 2.45) is 0 Å². The van der Waals surface area contributed by atoms with Gasteiger partial charge in [-0.2, -0.15) is 0 Å². The van der Waals surface area contributed by atoms with E-state index in [9.17, 15) is 14.0 Å². The number of nitrogens with one attached hydrogen (secondary N) is 1. The molecule has 3 rings (SSSR count). The molecule has 2 aromatic carbocycles. The summed E-state index contributed by atoms with van der Waals surface area (Å²) in [5.41, 5.74) is 1.07. The third-order valence-corrected chi connectivity index (χ3v) is 3.61. The molecule has 0 saturated carbocycles. The first-order valence-electron chi connectivity index (χ1n) is 7.05. The number of hydrogen-bond acceptors (Lipinski definition) is 2. The zero-order valence-electron chi connectivity index (χ0n) is 11.8. The summed E-state index contributed by atoms with van der Waals surface area (Å²) in [5, 5.41) is 2.78. The first-order chi connectivity index (χ1) is 10.6. The predicted octanol–water partition coefficient (Wildman–Crippen LogP) is 2.36. The van der Waals surface area contributed by atoms with Crippen LogP contribution in [0.5, 0.6) is 0 Å². The second-order valence-electron chi connectivity index (χ2n) is 5.22. The van der Waals surface area contributed by atoms with Crippen LogP contribution in [0.15, 0.2) is 54.6 Å². The van der Waals surface area contributed by atoms with Gasteiger partial charge in [0.1, 0.15) is 5.82 Å². The van der Waals surface area contributed by atoms with Gasteiger partial charge in [0.25, 0.3) is 5.91 Å². The van der Waals surface area contributed by atoms with Gasteiger partial charge in [-0.3, -0.25) is 9.59 Å². The zero-order valence-corrected chi connectivity index (χ0v) is 11.8. The maximum atomic E-state index is 13.1. The van der Waals surface area contributed by atoms with Gasteiger partial charge in [-0.15, -0.1) is 0 Å². The van der Waals surface area contributed by atoms with E-state index in [0.29, 0.717) is 6.54 Å². The molecule has 0 unspecified atom stereocenters. The number of hydrogen-bond donors (Lipinski definition) is 1. The highest BCUT2D eigenvalue weighted by molar-refractivity contribution is 5.98. The molecule has 22 heavy (non-hydrogen) atoms. The van der Waals surface area contributed by atoms with Crippen LogP contribution in [0.4, 0.5) is 10.1 Å². The van der Waals surface area contributed by atoms with E-state index in [1.807, 2.05) is 30.3 Å². The normalized spacial score (nSPS) is 17.6. The van der Waals surface area contributed by atoms with Gasteiger partial charge in [-0.05, 0) is 30.3 Å². The van der Waals surface area contributed by atoms with Crippen molar-refractivity contribution in [3.63, 3.8) is 0 Å². The fraction of sp³-hybridized carbons (Fsp3) is 0.176. The van der Waals surface area contributed by atoms with E-state index < -0.39 is 5.82 Å². The van der Waals surface area contributed by atoms with Crippen molar-refractivity contribution in [3.8, 4) is 0 Å². The van der Waals surface area contributed by atoms with Crippen LogP contribution in [0.3, 0.4) is 0 Å². The minimum absolute atomic E-state index is 0.0317. The second kappa shape index (κ2) is 5.97. The van der Waals surface area contributed by atoms with Crippen LogP contribution in [0.1, 0.15) is 16.8 Å². The number of carbonyl (C=O) groups is 2. The molecule has 0 aromatic heterocycles. The van der Waals surface area contributed by atoms with Crippen molar-refractivity contribution in [3.05, 3.63) is 66.0 Å². The maximum Gasteiger partial charge on any atom is 0.251 e. The maximum absolute atomic E-state index is 13.1. The largest absolute Gasteiger partial charge is 0.347 e. The van der Waals surface area contributed by atoms with Crippen molar-refractivity contribution in [1.82, 2.24) is 5.32 Å². The van der Waals surface area contributed by atoms with Crippen LogP contribution in [0.2, 0.25) is 0 Å². The van der Waals surface area contributed by atoms with Crippen LogP contribution in [-0.2, 0) is 4.79 Å². The Morgan fingerprint density at radius 3 is 2.64 bits per heavy atom. The number of anilines is 1. The van der Waals surface area contributed by atoms with Crippen molar-refractivity contribution < 1.29 is 14.0 Å². The Morgan fingerprint density at radius 1 is 1.14 bits per heavy atom. The number of carbonyl (C=O) groups excluding carboxylic acids is 2. The van der Waals surface area contributed by atoms with Gasteiger partial charge < -0.3 is 10.2 Å². The average Bonchev–Trinajstić information content (AvgIpc) is 2.88. The third kappa shape index (κ3) is 2.98. The van der Waals surface area contributed by atoms with Gasteiger partial charge >= 0.3 is 0 Å². The predicted molar refractivity (Wildman–Crippen MR) is 81.1 cm³/mol. The summed E-state index contributed by atoms with van der Waals surface area (Å²) < 4.78 is 13.1. The van der Waals surface area contributed by atoms with Gasteiger partial charge in [0.15, 0.2) is 0 Å². The van der Waals surface area contributed by atoms with Crippen LogP contribution in [0.25, 0.3) is 0 Å². The number of benzene rings is 2. The molecule has 4 nitrogen and oxygen atoms in total. The minimum Gasteiger partial charge on any atom is -0.347 e. The van der Waals surface area contributed by atoms with E-state index >= 15 is 0 Å². The van der Waals surface area contributed by atoms with Crippen molar-refractivity contribution in [1.29, 1.82) is 0 Å². The molecule has 1 aliphatic rings. The standard InChI is InChI=1S/C17H15FN2O2/c18-13-6-4-5-12(9-13)17(22)19-14-10-16(21)20(11-14)15-7-2-1-3-8-15/h1-9,14H,10-11H2,(H,19,22)/t14-/m1/s1. The summed E-state index contributed by atoms with van der Waals surface area (Å²) in [6.45, 7) is 0.421. The smallest absolute Gasteiger partial charge is 0.251 e. The highest BCUT2D eigenvalue weighted by atomic mass is 19.1. The van der Waals surface area contributed by atoms with E-state index in [1.54, 1.807) is 11.0 Å². The fourth-order valence-electron chi connectivity index (χ4n) is 2.56. The lowest BCUT2D eigenvalue weighted by molar-refractivity contribution is -0.117. The van der Waals surface area contributed by atoms with Gasteiger partial charge in [0.2, 0.25) is 5.91 Å². The molecule has 0 radical (unpaired) electrons. The van der Waals surface area contributed by atoms with E-state index in [1.165, 1.54) is 18.2 Å². The molecule has 2 amide bonds. The van der Waals surface area contributed by atoms with Crippen LogP contribution in [-0.4, -0.2) is 24.4 Å². The monoisotopic (exact) mass is 298 g/mol. The Hall–Kier alpha value is -2.69. The van der Waals surface area contributed by atoms with Crippen molar-refractivity contribution >= 4 is 17.5 Å². The molecule has 1 saturated heterocycles. The topological polar surface area (TPSA) is 49.4 Å². The molecule has 2 aromatic rings. The van der Waals surface area contributed by atoms with Gasteiger partial charge in [-0.25, -0.2) is 4.39 Å². The molecule has 1 N–H and O–H groups in total. The van der Waals surface area contributed by atoms with Crippen LogP contribution >= 0.6 is 0 Å². The lowest BCUT2D eigenvalue weighted by Gasteiger charge is -2.17. The molecule has 0 bridgehead atoms. The molecular formula is C17H15FN2O2. The Labute approximate surface area is 127 Å². The summed E-state index contributed by atoms with van der Waals surface area (Å²) in [4.78, 5) is 25.8. The highest BCUT2D eigenvalue weighted by Crippen LogP contribution is 2.21. The summed E-state index contributed by atoms with van der Waals surface area (Å²) in [7, 11) is 0. The van der Waals surface area contributed by atoms with E-state index in [0.717, 1.165) is 5.69 Å². The summed E-state index contributed by atoms with van der Waals surface area (Å²) in [6, 6.07) is 14.5. The first-order valence-corrected chi connectivity index (χ1v) is 7.05. The SMILES string of the molecule is O=C(N[C@@H]1CC(=O)N(c2ccccc2)C1)c1cccc(F)c1. The van der Waals surface area contributed by atoms with E-state index in [-0.39, 0.29) is 29.8 Å². The fourth-order valence-corrected chi connectivity index (χ4v) is 2.56. The molecular weight excluding hydrogens is 283 g/mol.